The van der Waals surface area contributed by atoms with Crippen LogP contribution in [0.2, 0.25) is 0 Å². The van der Waals surface area contributed by atoms with E-state index >= 15 is 0 Å². The van der Waals surface area contributed by atoms with Gasteiger partial charge in [0.2, 0.25) is 0 Å². The molecule has 0 unspecified atom stereocenters. The maximum atomic E-state index is 13.1. The Bertz CT molecular complexity index is 1040. The summed E-state index contributed by atoms with van der Waals surface area (Å²) in [4.78, 5) is 18.7. The van der Waals surface area contributed by atoms with Gasteiger partial charge in [0.1, 0.15) is 0 Å². The van der Waals surface area contributed by atoms with Crippen LogP contribution in [0.15, 0.2) is 35.1 Å². The number of hydrogen-bond donors (Lipinski definition) is 0. The normalized spacial score (nSPS) is 17.1. The molecule has 0 saturated carbocycles. The standard InChI is InChI=1S/C19H18F3N5O2/c1-11-8-16(29-25-11)15-4-3-7-26(15)18(28)14-10-24-27(12(14)2)17-6-5-13(9-23-17)19(20,21)22/h5-6,8-10,15H,3-4,7H2,1-2H3/t15-/m1/s1. The predicted molar refractivity (Wildman–Crippen MR) is 95.3 cm³/mol. The molecule has 10 heteroatoms. The van der Waals surface area contributed by atoms with Gasteiger partial charge in [-0.25, -0.2) is 9.67 Å². The molecule has 0 N–H and O–H groups in total. The van der Waals surface area contributed by atoms with Gasteiger partial charge in [0.15, 0.2) is 11.6 Å². The highest BCUT2D eigenvalue weighted by Gasteiger charge is 2.35. The first-order chi connectivity index (χ1) is 13.8. The van der Waals surface area contributed by atoms with Crippen molar-refractivity contribution in [1.82, 2.24) is 24.8 Å². The van der Waals surface area contributed by atoms with Crippen LogP contribution in [0, 0.1) is 13.8 Å². The molecule has 1 saturated heterocycles. The first-order valence-corrected chi connectivity index (χ1v) is 9.08. The Morgan fingerprint density at radius 1 is 1.24 bits per heavy atom. The fourth-order valence-electron chi connectivity index (χ4n) is 3.53. The molecule has 0 spiro atoms. The molecule has 152 valence electrons. The van der Waals surface area contributed by atoms with Crippen molar-refractivity contribution in [3.8, 4) is 5.82 Å². The summed E-state index contributed by atoms with van der Waals surface area (Å²) >= 11 is 0. The molecule has 1 amide bonds. The minimum Gasteiger partial charge on any atom is -0.359 e. The topological polar surface area (TPSA) is 77.0 Å². The Morgan fingerprint density at radius 3 is 2.66 bits per heavy atom. The minimum atomic E-state index is -4.46. The fourth-order valence-corrected chi connectivity index (χ4v) is 3.53. The van der Waals surface area contributed by atoms with Crippen LogP contribution >= 0.6 is 0 Å². The van der Waals surface area contributed by atoms with E-state index in [1.807, 2.05) is 13.0 Å². The molecule has 0 bridgehead atoms. The summed E-state index contributed by atoms with van der Waals surface area (Å²) in [6.45, 7) is 4.08. The number of alkyl halides is 3. The lowest BCUT2D eigenvalue weighted by atomic mass is 10.1. The minimum absolute atomic E-state index is 0.198. The second-order valence-corrected chi connectivity index (χ2v) is 6.99. The van der Waals surface area contributed by atoms with Crippen LogP contribution in [0.25, 0.3) is 5.82 Å². The molecule has 1 fully saturated rings. The molecule has 7 nitrogen and oxygen atoms in total. The van der Waals surface area contributed by atoms with Gasteiger partial charge < -0.3 is 9.42 Å². The molecule has 1 aliphatic heterocycles. The van der Waals surface area contributed by atoms with Crippen LogP contribution < -0.4 is 0 Å². The number of pyridine rings is 1. The van der Waals surface area contributed by atoms with Crippen LogP contribution in [-0.2, 0) is 6.18 Å². The van der Waals surface area contributed by atoms with Crippen molar-refractivity contribution in [1.29, 1.82) is 0 Å². The summed E-state index contributed by atoms with van der Waals surface area (Å²) in [6, 6.07) is 3.79. The van der Waals surface area contributed by atoms with Crippen molar-refractivity contribution >= 4 is 5.91 Å². The highest BCUT2D eigenvalue weighted by Crippen LogP contribution is 2.34. The van der Waals surface area contributed by atoms with E-state index in [2.05, 4.69) is 15.2 Å². The Balaban J connectivity index is 1.60. The number of likely N-dealkylation sites (tertiary alicyclic amines) is 1. The summed E-state index contributed by atoms with van der Waals surface area (Å²) < 4.78 is 44.9. The molecule has 3 aromatic heterocycles. The van der Waals surface area contributed by atoms with Gasteiger partial charge in [-0.3, -0.25) is 4.79 Å². The van der Waals surface area contributed by atoms with Crippen LogP contribution in [0.4, 0.5) is 13.2 Å². The van der Waals surface area contributed by atoms with Gasteiger partial charge in [0.25, 0.3) is 5.91 Å². The van der Waals surface area contributed by atoms with Gasteiger partial charge in [0.05, 0.1) is 34.8 Å². The molecule has 1 aliphatic rings. The summed E-state index contributed by atoms with van der Waals surface area (Å²) in [6.07, 6.45) is -0.688. The number of carbonyl (C=O) groups excluding carboxylic acids is 1. The summed E-state index contributed by atoms with van der Waals surface area (Å²) in [5.74, 6) is 0.637. The van der Waals surface area contributed by atoms with Gasteiger partial charge in [-0.05, 0) is 38.8 Å². The zero-order chi connectivity index (χ0) is 20.8. The predicted octanol–water partition coefficient (Wildman–Crippen LogP) is 3.87. The average Bonchev–Trinajstić information content (AvgIpc) is 3.40. The zero-order valence-corrected chi connectivity index (χ0v) is 15.8. The SMILES string of the molecule is Cc1cc([C@H]2CCCN2C(=O)c2cnn(-c3ccc(C(F)(F)F)cn3)c2C)on1. The summed E-state index contributed by atoms with van der Waals surface area (Å²) in [5, 5.41) is 8.06. The largest absolute Gasteiger partial charge is 0.417 e. The van der Waals surface area contributed by atoms with Crippen molar-refractivity contribution in [3.63, 3.8) is 0 Å². The molecule has 1 atom stereocenters. The van der Waals surface area contributed by atoms with Crippen LogP contribution in [0.5, 0.6) is 0 Å². The molecular weight excluding hydrogens is 387 g/mol. The second kappa shape index (κ2) is 7.02. The highest BCUT2D eigenvalue weighted by molar-refractivity contribution is 5.95. The quantitative estimate of drug-likeness (QED) is 0.661. The summed E-state index contributed by atoms with van der Waals surface area (Å²) in [7, 11) is 0. The molecular formula is C19H18F3N5O2. The van der Waals surface area contributed by atoms with E-state index < -0.39 is 11.7 Å². The van der Waals surface area contributed by atoms with Crippen molar-refractivity contribution in [3.05, 3.63) is 58.9 Å². The molecule has 4 rings (SSSR count). The molecule has 4 heterocycles. The van der Waals surface area contributed by atoms with Crippen molar-refractivity contribution in [2.24, 2.45) is 0 Å². The zero-order valence-electron chi connectivity index (χ0n) is 15.8. The lowest BCUT2D eigenvalue weighted by molar-refractivity contribution is -0.137. The smallest absolute Gasteiger partial charge is 0.359 e. The molecule has 29 heavy (non-hydrogen) atoms. The van der Waals surface area contributed by atoms with E-state index in [1.54, 1.807) is 11.8 Å². The average molecular weight is 405 g/mol. The van der Waals surface area contributed by atoms with E-state index in [4.69, 9.17) is 4.52 Å². The van der Waals surface area contributed by atoms with E-state index in [9.17, 15) is 18.0 Å². The molecule has 0 radical (unpaired) electrons. The van der Waals surface area contributed by atoms with E-state index in [0.29, 0.717) is 23.6 Å². The van der Waals surface area contributed by atoms with E-state index in [1.165, 1.54) is 16.9 Å². The number of nitrogens with zero attached hydrogens (tertiary/aromatic N) is 5. The van der Waals surface area contributed by atoms with Crippen molar-refractivity contribution in [2.45, 2.75) is 38.9 Å². The first-order valence-electron chi connectivity index (χ1n) is 9.08. The lowest BCUT2D eigenvalue weighted by Crippen LogP contribution is -2.30. The van der Waals surface area contributed by atoms with Crippen molar-refractivity contribution in [2.75, 3.05) is 6.54 Å². The van der Waals surface area contributed by atoms with Crippen LogP contribution in [0.3, 0.4) is 0 Å². The fraction of sp³-hybridized carbons (Fsp3) is 0.368. The Labute approximate surface area is 164 Å². The number of carbonyl (C=O) groups is 1. The van der Waals surface area contributed by atoms with Crippen LogP contribution in [0.1, 0.15) is 52.0 Å². The first kappa shape index (κ1) is 19.2. The number of hydrogen-bond acceptors (Lipinski definition) is 5. The number of aromatic nitrogens is 4. The number of amides is 1. The van der Waals surface area contributed by atoms with Crippen molar-refractivity contribution < 1.29 is 22.5 Å². The molecule has 0 aliphatic carbocycles. The lowest BCUT2D eigenvalue weighted by Gasteiger charge is -2.22. The van der Waals surface area contributed by atoms with Gasteiger partial charge in [-0.2, -0.15) is 18.3 Å². The number of halogens is 3. The Morgan fingerprint density at radius 2 is 2.03 bits per heavy atom. The maximum absolute atomic E-state index is 13.1. The van der Waals surface area contributed by atoms with Gasteiger partial charge in [-0.1, -0.05) is 5.16 Å². The maximum Gasteiger partial charge on any atom is 0.417 e. The third-order valence-electron chi connectivity index (χ3n) is 5.02. The van der Waals surface area contributed by atoms with Crippen LogP contribution in [-0.4, -0.2) is 37.3 Å². The molecule has 3 aromatic rings. The van der Waals surface area contributed by atoms with Gasteiger partial charge in [-0.15, -0.1) is 0 Å². The third-order valence-corrected chi connectivity index (χ3v) is 5.02. The Hall–Kier alpha value is -3.17. The highest BCUT2D eigenvalue weighted by atomic mass is 19.4. The number of rotatable bonds is 3. The van der Waals surface area contributed by atoms with Gasteiger partial charge in [0, 0.05) is 18.8 Å². The third kappa shape index (κ3) is 3.50. The molecule has 0 aromatic carbocycles. The Kier molecular flexibility index (Phi) is 4.64. The number of aryl methyl sites for hydroxylation is 1. The second-order valence-electron chi connectivity index (χ2n) is 6.99. The van der Waals surface area contributed by atoms with E-state index in [0.717, 1.165) is 30.8 Å². The van der Waals surface area contributed by atoms with Gasteiger partial charge >= 0.3 is 6.18 Å². The summed E-state index contributed by atoms with van der Waals surface area (Å²) in [5.41, 5.74) is 0.776. The monoisotopic (exact) mass is 405 g/mol. The van der Waals surface area contributed by atoms with E-state index in [-0.39, 0.29) is 17.8 Å².